The van der Waals surface area contributed by atoms with Gasteiger partial charge in [0.15, 0.2) is 0 Å². The molecule has 156 valence electrons. The molecule has 1 aromatic carbocycles. The number of carbonyl (C=O) groups excluding carboxylic acids is 1. The van der Waals surface area contributed by atoms with Gasteiger partial charge in [0.25, 0.3) is 0 Å². The number of rotatable bonds is 6. The van der Waals surface area contributed by atoms with Gasteiger partial charge in [0.05, 0.1) is 4.90 Å². The molecule has 0 aromatic heterocycles. The average Bonchev–Trinajstić information content (AvgIpc) is 2.72. The zero-order valence-corrected chi connectivity index (χ0v) is 17.3. The number of amides is 1. The van der Waals surface area contributed by atoms with Gasteiger partial charge in [-0.15, -0.1) is 0 Å². The Bertz CT molecular complexity index is 771. The van der Waals surface area contributed by atoms with E-state index in [1.807, 2.05) is 4.90 Å². The molecule has 0 bridgehead atoms. The monoisotopic (exact) mass is 411 g/mol. The van der Waals surface area contributed by atoms with Crippen molar-refractivity contribution in [2.45, 2.75) is 37.5 Å². The smallest absolute Gasteiger partial charge is 0.243 e. The summed E-state index contributed by atoms with van der Waals surface area (Å²) < 4.78 is 40.1. The largest absolute Gasteiger partial charge is 0.340 e. The maximum Gasteiger partial charge on any atom is 0.243 e. The molecule has 8 heteroatoms. The number of hydrogen-bond acceptors (Lipinski definition) is 4. The zero-order chi connectivity index (χ0) is 20.1. The van der Waals surface area contributed by atoms with Gasteiger partial charge in [-0.25, -0.2) is 12.8 Å². The van der Waals surface area contributed by atoms with Crippen LogP contribution in [0.25, 0.3) is 0 Å². The van der Waals surface area contributed by atoms with Crippen LogP contribution in [0.1, 0.15) is 32.6 Å². The van der Waals surface area contributed by atoms with Gasteiger partial charge in [-0.2, -0.15) is 4.31 Å². The highest BCUT2D eigenvalue weighted by Gasteiger charge is 2.30. The fourth-order valence-electron chi connectivity index (χ4n) is 4.01. The summed E-state index contributed by atoms with van der Waals surface area (Å²) in [4.78, 5) is 16.7. The molecule has 3 rings (SSSR count). The third kappa shape index (κ3) is 5.10. The third-order valence-electron chi connectivity index (χ3n) is 5.95. The fraction of sp³-hybridized carbons (Fsp3) is 0.650. The van der Waals surface area contributed by atoms with E-state index in [2.05, 4.69) is 11.8 Å². The fourth-order valence-corrected chi connectivity index (χ4v) is 5.52. The zero-order valence-electron chi connectivity index (χ0n) is 16.5. The van der Waals surface area contributed by atoms with Crippen LogP contribution in [-0.2, 0) is 14.8 Å². The van der Waals surface area contributed by atoms with Gasteiger partial charge in [0, 0.05) is 45.7 Å². The molecule has 2 saturated heterocycles. The minimum Gasteiger partial charge on any atom is -0.340 e. The first-order valence-corrected chi connectivity index (χ1v) is 11.6. The van der Waals surface area contributed by atoms with Crippen LogP contribution >= 0.6 is 0 Å². The lowest BCUT2D eigenvalue weighted by Crippen LogP contribution is -2.48. The van der Waals surface area contributed by atoms with Crippen molar-refractivity contribution < 1.29 is 17.6 Å². The van der Waals surface area contributed by atoms with E-state index in [0.717, 1.165) is 58.1 Å². The summed E-state index contributed by atoms with van der Waals surface area (Å²) in [6.45, 7) is 7.50. The van der Waals surface area contributed by atoms with Crippen LogP contribution < -0.4 is 0 Å². The maximum atomic E-state index is 13.4. The Kier molecular flexibility index (Phi) is 7.06. The van der Waals surface area contributed by atoms with Crippen LogP contribution in [0.5, 0.6) is 0 Å². The number of nitrogens with zero attached hydrogens (tertiary/aromatic N) is 3. The first-order valence-electron chi connectivity index (χ1n) is 10.2. The van der Waals surface area contributed by atoms with Crippen LogP contribution in [0.15, 0.2) is 29.2 Å². The van der Waals surface area contributed by atoms with E-state index in [4.69, 9.17) is 0 Å². The molecule has 0 unspecified atom stereocenters. The predicted octanol–water partition coefficient (Wildman–Crippen LogP) is 2.17. The lowest BCUT2D eigenvalue weighted by molar-refractivity contribution is -0.133. The van der Waals surface area contributed by atoms with Crippen molar-refractivity contribution in [3.8, 4) is 0 Å². The Labute approximate surface area is 167 Å². The number of piperazine rings is 1. The van der Waals surface area contributed by atoms with Crippen LogP contribution in [0.4, 0.5) is 4.39 Å². The minimum absolute atomic E-state index is 0.00680. The highest BCUT2D eigenvalue weighted by atomic mass is 32.2. The minimum atomic E-state index is -3.65. The summed E-state index contributed by atoms with van der Waals surface area (Å²) >= 11 is 0. The molecule has 0 N–H and O–H groups in total. The number of hydrogen-bond donors (Lipinski definition) is 0. The molecule has 2 aliphatic heterocycles. The van der Waals surface area contributed by atoms with Crippen LogP contribution in [0, 0.1) is 11.7 Å². The first-order chi connectivity index (χ1) is 13.4. The Morgan fingerprint density at radius 3 is 2.39 bits per heavy atom. The lowest BCUT2D eigenvalue weighted by atomic mass is 9.93. The van der Waals surface area contributed by atoms with Crippen LogP contribution in [0.2, 0.25) is 0 Å². The van der Waals surface area contributed by atoms with Gasteiger partial charge in [-0.1, -0.05) is 13.0 Å². The van der Waals surface area contributed by atoms with E-state index in [1.54, 1.807) is 0 Å². The first kappa shape index (κ1) is 21.2. The molecule has 6 nitrogen and oxygen atoms in total. The molecule has 0 radical (unpaired) electrons. The maximum absolute atomic E-state index is 13.4. The van der Waals surface area contributed by atoms with E-state index in [1.165, 1.54) is 22.5 Å². The van der Waals surface area contributed by atoms with Gasteiger partial charge >= 0.3 is 0 Å². The van der Waals surface area contributed by atoms with Gasteiger partial charge in [0.2, 0.25) is 15.9 Å². The van der Waals surface area contributed by atoms with Crippen molar-refractivity contribution in [3.05, 3.63) is 30.1 Å². The van der Waals surface area contributed by atoms with Gasteiger partial charge in [-0.3, -0.25) is 4.79 Å². The SMILES string of the molecule is CCN1CCN(C(=O)CCC2CCN(S(=O)(=O)c3cccc(F)c3)CC2)CC1. The second-order valence-electron chi connectivity index (χ2n) is 7.66. The lowest BCUT2D eigenvalue weighted by Gasteiger charge is -2.35. The number of carbonyl (C=O) groups is 1. The predicted molar refractivity (Wildman–Crippen MR) is 106 cm³/mol. The number of benzene rings is 1. The van der Waals surface area contributed by atoms with Crippen molar-refractivity contribution in [1.29, 1.82) is 0 Å². The van der Waals surface area contributed by atoms with Crippen molar-refractivity contribution in [1.82, 2.24) is 14.1 Å². The molecule has 2 fully saturated rings. The van der Waals surface area contributed by atoms with Crippen molar-refractivity contribution in [3.63, 3.8) is 0 Å². The molecule has 28 heavy (non-hydrogen) atoms. The molecule has 0 aliphatic carbocycles. The number of piperidine rings is 1. The summed E-state index contributed by atoms with van der Waals surface area (Å²) in [5.74, 6) is 0.0275. The average molecular weight is 412 g/mol. The summed E-state index contributed by atoms with van der Waals surface area (Å²) in [5.41, 5.74) is 0. The van der Waals surface area contributed by atoms with E-state index >= 15 is 0 Å². The third-order valence-corrected chi connectivity index (χ3v) is 7.84. The van der Waals surface area contributed by atoms with Crippen LogP contribution in [0.3, 0.4) is 0 Å². The molecule has 2 heterocycles. The van der Waals surface area contributed by atoms with Crippen molar-refractivity contribution >= 4 is 15.9 Å². The van der Waals surface area contributed by atoms with Crippen molar-refractivity contribution in [2.24, 2.45) is 5.92 Å². The van der Waals surface area contributed by atoms with E-state index in [9.17, 15) is 17.6 Å². The van der Waals surface area contributed by atoms with E-state index < -0.39 is 15.8 Å². The molecular formula is C20H30FN3O3S. The summed E-state index contributed by atoms with van der Waals surface area (Å²) in [6, 6.07) is 5.16. The summed E-state index contributed by atoms with van der Waals surface area (Å²) in [6.07, 6.45) is 2.82. The van der Waals surface area contributed by atoms with E-state index in [-0.39, 0.29) is 10.8 Å². The number of halogens is 1. The Balaban J connectivity index is 1.45. The van der Waals surface area contributed by atoms with Gasteiger partial charge < -0.3 is 9.80 Å². The molecule has 1 aromatic rings. The van der Waals surface area contributed by atoms with Crippen LogP contribution in [-0.4, -0.2) is 74.2 Å². The molecule has 0 spiro atoms. The molecule has 1 amide bonds. The van der Waals surface area contributed by atoms with Gasteiger partial charge in [-0.05, 0) is 49.9 Å². The number of sulfonamides is 1. The second-order valence-corrected chi connectivity index (χ2v) is 9.60. The molecule has 0 saturated carbocycles. The Morgan fingerprint density at radius 2 is 1.79 bits per heavy atom. The summed E-state index contributed by atoms with van der Waals surface area (Å²) in [7, 11) is -3.65. The standard InChI is InChI=1S/C20H30FN3O3S/c1-2-22-12-14-23(15-13-22)20(25)7-6-17-8-10-24(11-9-17)28(26,27)19-5-3-4-18(21)16-19/h3-5,16-17H,2,6-15H2,1H3. The van der Waals surface area contributed by atoms with Gasteiger partial charge in [0.1, 0.15) is 5.82 Å². The number of likely N-dealkylation sites (N-methyl/N-ethyl adjacent to an activating group) is 1. The van der Waals surface area contributed by atoms with Crippen molar-refractivity contribution in [2.75, 3.05) is 45.8 Å². The highest BCUT2D eigenvalue weighted by Crippen LogP contribution is 2.27. The topological polar surface area (TPSA) is 60.9 Å². The normalized spacial score (nSPS) is 20.4. The van der Waals surface area contributed by atoms with E-state index in [0.29, 0.717) is 25.4 Å². The molecule has 2 aliphatic rings. The summed E-state index contributed by atoms with van der Waals surface area (Å²) in [5, 5.41) is 0. The Hall–Kier alpha value is -1.51. The quantitative estimate of drug-likeness (QED) is 0.720. The molecule has 0 atom stereocenters. The Morgan fingerprint density at radius 1 is 1.11 bits per heavy atom. The highest BCUT2D eigenvalue weighted by molar-refractivity contribution is 7.89. The second kappa shape index (κ2) is 9.33. The molecular weight excluding hydrogens is 381 g/mol.